The topological polar surface area (TPSA) is 146 Å². The number of halogens is 3. The maximum absolute atomic E-state index is 12.4. The van der Waals surface area contributed by atoms with E-state index < -0.39 is 24.0 Å². The number of aromatic nitrogens is 4. The lowest BCUT2D eigenvalue weighted by Crippen LogP contribution is -2.45. The van der Waals surface area contributed by atoms with Crippen molar-refractivity contribution in [2.24, 2.45) is 0 Å². The highest BCUT2D eigenvalue weighted by Crippen LogP contribution is 2.16. The van der Waals surface area contributed by atoms with Crippen LogP contribution >= 0.6 is 0 Å². The van der Waals surface area contributed by atoms with Gasteiger partial charge in [0.05, 0.1) is 17.9 Å². The molecule has 1 saturated heterocycles. The molecule has 15 heteroatoms. The van der Waals surface area contributed by atoms with Gasteiger partial charge in [-0.05, 0) is 39.1 Å². The number of likely N-dealkylation sites (N-methyl/N-ethyl adjacent to an activating group) is 1. The van der Waals surface area contributed by atoms with Crippen LogP contribution in [-0.4, -0.2) is 86.9 Å². The van der Waals surface area contributed by atoms with E-state index in [1.807, 2.05) is 38.1 Å². The molecule has 0 atom stereocenters. The van der Waals surface area contributed by atoms with Gasteiger partial charge in [0.1, 0.15) is 0 Å². The summed E-state index contributed by atoms with van der Waals surface area (Å²) in [6.45, 7) is 7.63. The first-order valence-corrected chi connectivity index (χ1v) is 12.1. The fourth-order valence-electron chi connectivity index (χ4n) is 3.55. The number of rotatable bonds is 5. The molecule has 2 amide bonds. The molecule has 1 aliphatic heterocycles. The fourth-order valence-corrected chi connectivity index (χ4v) is 3.55. The predicted octanol–water partition coefficient (Wildman–Crippen LogP) is 1.92. The van der Waals surface area contributed by atoms with Crippen LogP contribution in [0.5, 0.6) is 0 Å². The maximum Gasteiger partial charge on any atom is 0.490 e. The number of carboxylic acids is 1. The number of benzene rings is 1. The molecule has 214 valence electrons. The van der Waals surface area contributed by atoms with Crippen molar-refractivity contribution in [2.75, 3.05) is 43.4 Å². The summed E-state index contributed by atoms with van der Waals surface area (Å²) in [5, 5.41) is 16.7. The smallest absolute Gasteiger partial charge is 0.475 e. The number of carboxylic acid groups (broad SMARTS) is 1. The molecule has 0 unspecified atom stereocenters. The summed E-state index contributed by atoms with van der Waals surface area (Å²) in [6, 6.07) is 11.3. The monoisotopic (exact) mass is 562 g/mol. The number of aliphatic carboxylic acids is 1. The summed E-state index contributed by atoms with van der Waals surface area (Å²) in [4.78, 5) is 46.8. The lowest BCUT2D eigenvalue weighted by Gasteiger charge is -2.32. The number of carbonyl (C=O) groups is 3. The Morgan fingerprint density at radius 3 is 2.23 bits per heavy atom. The van der Waals surface area contributed by atoms with Gasteiger partial charge in [-0.15, -0.1) is 5.10 Å². The van der Waals surface area contributed by atoms with E-state index in [2.05, 4.69) is 42.5 Å². The van der Waals surface area contributed by atoms with Crippen LogP contribution in [0.15, 0.2) is 42.6 Å². The number of piperazine rings is 1. The largest absolute Gasteiger partial charge is 0.490 e. The molecule has 1 aliphatic rings. The van der Waals surface area contributed by atoms with Gasteiger partial charge in [0, 0.05) is 44.1 Å². The number of nitrogens with zero attached hydrogens (tertiary/aromatic N) is 6. The SMILES string of the molecule is Cc1ccc(-n2nc(NC(=O)C(=O)NCc3ccnc(N4CCN(C)CC4)n3)cc2C)cc1.O=C(O)C(F)(F)F. The van der Waals surface area contributed by atoms with Crippen molar-refractivity contribution in [1.29, 1.82) is 0 Å². The van der Waals surface area contributed by atoms with Crippen molar-refractivity contribution in [3.05, 3.63) is 59.5 Å². The van der Waals surface area contributed by atoms with Crippen molar-refractivity contribution >= 4 is 29.5 Å². The number of hydrogen-bond donors (Lipinski definition) is 3. The van der Waals surface area contributed by atoms with Gasteiger partial charge >= 0.3 is 24.0 Å². The number of nitrogens with one attached hydrogen (secondary N) is 2. The maximum atomic E-state index is 12.4. The second-order valence-electron chi connectivity index (χ2n) is 9.00. The van der Waals surface area contributed by atoms with E-state index in [1.54, 1.807) is 23.0 Å². The summed E-state index contributed by atoms with van der Waals surface area (Å²) in [6.07, 6.45) is -3.41. The number of anilines is 2. The van der Waals surface area contributed by atoms with Gasteiger partial charge in [-0.25, -0.2) is 19.4 Å². The number of alkyl halides is 3. The van der Waals surface area contributed by atoms with E-state index in [0.717, 1.165) is 43.1 Å². The van der Waals surface area contributed by atoms with E-state index in [-0.39, 0.29) is 6.54 Å². The van der Waals surface area contributed by atoms with Gasteiger partial charge < -0.3 is 25.5 Å². The quantitative estimate of drug-likeness (QED) is 0.397. The zero-order chi connectivity index (χ0) is 29.4. The second-order valence-corrected chi connectivity index (χ2v) is 9.00. The molecule has 12 nitrogen and oxygen atoms in total. The summed E-state index contributed by atoms with van der Waals surface area (Å²) < 4.78 is 33.5. The van der Waals surface area contributed by atoms with Crippen molar-refractivity contribution in [3.8, 4) is 5.69 Å². The molecule has 0 aliphatic carbocycles. The zero-order valence-corrected chi connectivity index (χ0v) is 22.1. The fraction of sp³-hybridized carbons (Fsp3) is 0.360. The molecule has 0 saturated carbocycles. The van der Waals surface area contributed by atoms with Gasteiger partial charge in [-0.2, -0.15) is 13.2 Å². The van der Waals surface area contributed by atoms with E-state index in [0.29, 0.717) is 17.5 Å². The molecule has 3 aromatic rings. The van der Waals surface area contributed by atoms with Crippen LogP contribution in [0.4, 0.5) is 24.9 Å². The van der Waals surface area contributed by atoms with Crippen LogP contribution in [0.2, 0.25) is 0 Å². The molecule has 2 aromatic heterocycles. The highest BCUT2D eigenvalue weighted by atomic mass is 19.4. The van der Waals surface area contributed by atoms with Crippen LogP contribution < -0.4 is 15.5 Å². The molecular formula is C25H29F3N8O4. The molecule has 3 heterocycles. The number of aryl methyl sites for hydroxylation is 2. The number of carbonyl (C=O) groups excluding carboxylic acids is 2. The Balaban J connectivity index is 0.000000559. The summed E-state index contributed by atoms with van der Waals surface area (Å²) in [5.41, 5.74) is 3.50. The van der Waals surface area contributed by atoms with Crippen LogP contribution in [0.3, 0.4) is 0 Å². The number of amides is 2. The molecule has 0 radical (unpaired) electrons. The third kappa shape index (κ3) is 8.49. The van der Waals surface area contributed by atoms with E-state index in [9.17, 15) is 22.8 Å². The molecule has 0 bridgehead atoms. The Morgan fingerprint density at radius 2 is 1.62 bits per heavy atom. The average molecular weight is 563 g/mol. The van der Waals surface area contributed by atoms with Gasteiger partial charge in [0.25, 0.3) is 0 Å². The van der Waals surface area contributed by atoms with Crippen LogP contribution in [0, 0.1) is 13.8 Å². The van der Waals surface area contributed by atoms with Crippen LogP contribution in [-0.2, 0) is 20.9 Å². The van der Waals surface area contributed by atoms with Crippen molar-refractivity contribution in [2.45, 2.75) is 26.6 Å². The van der Waals surface area contributed by atoms with Crippen molar-refractivity contribution in [3.63, 3.8) is 0 Å². The standard InChI is InChI=1S/C23H28N8O2.C2HF3O2/c1-16-4-6-19(7-5-16)31-17(2)14-20(28-31)27-22(33)21(32)25-15-18-8-9-24-23(26-18)30-12-10-29(3)11-13-30;3-2(4,5)1(6)7/h4-9,14H,10-13,15H2,1-3H3,(H,25,32)(H,27,28,33);(H,6,7). The van der Waals surface area contributed by atoms with Crippen LogP contribution in [0.25, 0.3) is 5.69 Å². The second kappa shape index (κ2) is 13.0. The first-order chi connectivity index (χ1) is 18.8. The van der Waals surface area contributed by atoms with Crippen molar-refractivity contribution in [1.82, 2.24) is 30.0 Å². The van der Waals surface area contributed by atoms with Gasteiger partial charge in [0.15, 0.2) is 5.82 Å². The molecule has 4 rings (SSSR count). The molecular weight excluding hydrogens is 533 g/mol. The highest BCUT2D eigenvalue weighted by molar-refractivity contribution is 6.39. The highest BCUT2D eigenvalue weighted by Gasteiger charge is 2.38. The minimum absolute atomic E-state index is 0.131. The molecule has 40 heavy (non-hydrogen) atoms. The lowest BCUT2D eigenvalue weighted by atomic mass is 10.2. The molecule has 1 aromatic carbocycles. The van der Waals surface area contributed by atoms with E-state index in [4.69, 9.17) is 9.90 Å². The lowest BCUT2D eigenvalue weighted by molar-refractivity contribution is -0.192. The summed E-state index contributed by atoms with van der Waals surface area (Å²) in [5.74, 6) is -3.34. The Kier molecular flexibility index (Phi) is 9.77. The molecule has 0 spiro atoms. The summed E-state index contributed by atoms with van der Waals surface area (Å²) in [7, 11) is 2.09. The molecule has 3 N–H and O–H groups in total. The van der Waals surface area contributed by atoms with Gasteiger partial charge in [-0.1, -0.05) is 17.7 Å². The molecule has 1 fully saturated rings. The van der Waals surface area contributed by atoms with Gasteiger partial charge in [-0.3, -0.25) is 9.59 Å². The minimum Gasteiger partial charge on any atom is -0.475 e. The van der Waals surface area contributed by atoms with Crippen molar-refractivity contribution < 1.29 is 32.7 Å². The van der Waals surface area contributed by atoms with E-state index >= 15 is 0 Å². The van der Waals surface area contributed by atoms with E-state index in [1.165, 1.54) is 0 Å². The third-order valence-electron chi connectivity index (χ3n) is 5.77. The average Bonchev–Trinajstić information content (AvgIpc) is 3.27. The first-order valence-electron chi connectivity index (χ1n) is 12.1. The minimum atomic E-state index is -5.08. The van der Waals surface area contributed by atoms with Crippen LogP contribution in [0.1, 0.15) is 17.0 Å². The summed E-state index contributed by atoms with van der Waals surface area (Å²) >= 11 is 0. The Morgan fingerprint density at radius 1 is 1.00 bits per heavy atom. The first kappa shape index (κ1) is 30.0. The number of hydrogen-bond acceptors (Lipinski definition) is 8. The zero-order valence-electron chi connectivity index (χ0n) is 22.1. The Bertz CT molecular complexity index is 1340. The van der Waals surface area contributed by atoms with Gasteiger partial charge in [0.2, 0.25) is 5.95 Å². The predicted molar refractivity (Wildman–Crippen MR) is 139 cm³/mol. The Labute approximate surface area is 227 Å². The Hall–Kier alpha value is -4.53. The normalized spacial score (nSPS) is 13.7. The third-order valence-corrected chi connectivity index (χ3v) is 5.77.